The van der Waals surface area contributed by atoms with Gasteiger partial charge in [-0.25, -0.2) is 8.42 Å². The molecular weight excluding hydrogens is 406 g/mol. The highest BCUT2D eigenvalue weighted by Crippen LogP contribution is 2.30. The van der Waals surface area contributed by atoms with Crippen molar-refractivity contribution < 1.29 is 22.7 Å². The molecule has 0 radical (unpaired) electrons. The molecule has 1 aliphatic heterocycles. The SMILES string of the molecule is Cc1cccc(OCC(=O)N2CCNC(=O)[C@H]3CCCC[C@H]3N(S(C)(=O)=O)CC2)c1. The fourth-order valence-corrected chi connectivity index (χ4v) is 5.46. The highest BCUT2D eigenvalue weighted by Gasteiger charge is 2.39. The predicted octanol–water partition coefficient (Wildman–Crippen LogP) is 1.15. The monoisotopic (exact) mass is 437 g/mol. The Kier molecular flexibility index (Phi) is 7.36. The normalized spacial score (nSPS) is 23.9. The summed E-state index contributed by atoms with van der Waals surface area (Å²) in [5.41, 5.74) is 1.03. The van der Waals surface area contributed by atoms with Crippen LogP contribution < -0.4 is 10.1 Å². The van der Waals surface area contributed by atoms with E-state index in [1.54, 1.807) is 11.0 Å². The molecule has 1 saturated carbocycles. The van der Waals surface area contributed by atoms with Crippen LogP contribution in [0.25, 0.3) is 0 Å². The van der Waals surface area contributed by atoms with Crippen LogP contribution in [0.5, 0.6) is 5.75 Å². The lowest BCUT2D eigenvalue weighted by Crippen LogP contribution is -2.55. The number of sulfonamides is 1. The van der Waals surface area contributed by atoms with Crippen LogP contribution in [-0.4, -0.2) is 74.5 Å². The zero-order valence-corrected chi connectivity index (χ0v) is 18.5. The quantitative estimate of drug-likeness (QED) is 0.762. The summed E-state index contributed by atoms with van der Waals surface area (Å²) >= 11 is 0. The lowest BCUT2D eigenvalue weighted by atomic mass is 9.83. The van der Waals surface area contributed by atoms with E-state index < -0.39 is 10.0 Å². The van der Waals surface area contributed by atoms with E-state index in [0.29, 0.717) is 31.7 Å². The first kappa shape index (κ1) is 22.6. The van der Waals surface area contributed by atoms with Gasteiger partial charge in [-0.05, 0) is 37.5 Å². The molecule has 2 atom stereocenters. The number of nitrogens with one attached hydrogen (secondary N) is 1. The second-order valence-electron chi connectivity index (χ2n) is 8.11. The molecule has 0 spiro atoms. The maximum absolute atomic E-state index is 12.8. The molecule has 1 heterocycles. The van der Waals surface area contributed by atoms with E-state index in [-0.39, 0.29) is 43.5 Å². The van der Waals surface area contributed by atoms with Crippen molar-refractivity contribution in [2.75, 3.05) is 39.0 Å². The first-order valence-electron chi connectivity index (χ1n) is 10.5. The van der Waals surface area contributed by atoms with Crippen LogP contribution in [0.2, 0.25) is 0 Å². The topological polar surface area (TPSA) is 96.0 Å². The fourth-order valence-electron chi connectivity index (χ4n) is 4.31. The van der Waals surface area contributed by atoms with E-state index in [2.05, 4.69) is 5.32 Å². The average molecular weight is 438 g/mol. The molecule has 9 heteroatoms. The van der Waals surface area contributed by atoms with Gasteiger partial charge >= 0.3 is 0 Å². The Morgan fingerprint density at radius 2 is 1.97 bits per heavy atom. The summed E-state index contributed by atoms with van der Waals surface area (Å²) in [6.07, 6.45) is 4.35. The highest BCUT2D eigenvalue weighted by molar-refractivity contribution is 7.88. The minimum absolute atomic E-state index is 0.126. The summed E-state index contributed by atoms with van der Waals surface area (Å²) in [5.74, 6) is -0.0838. The molecular formula is C21H31N3O5S. The van der Waals surface area contributed by atoms with Crippen LogP contribution in [0.1, 0.15) is 31.2 Å². The number of rotatable bonds is 4. The van der Waals surface area contributed by atoms with Crippen molar-refractivity contribution in [3.63, 3.8) is 0 Å². The van der Waals surface area contributed by atoms with Gasteiger partial charge in [-0.2, -0.15) is 4.31 Å². The van der Waals surface area contributed by atoms with Crippen molar-refractivity contribution in [1.82, 2.24) is 14.5 Å². The van der Waals surface area contributed by atoms with Crippen LogP contribution in [0.4, 0.5) is 0 Å². The smallest absolute Gasteiger partial charge is 0.260 e. The van der Waals surface area contributed by atoms with Crippen LogP contribution in [0, 0.1) is 12.8 Å². The molecule has 2 fully saturated rings. The summed E-state index contributed by atoms with van der Waals surface area (Å²) in [5, 5.41) is 2.89. The van der Waals surface area contributed by atoms with Crippen LogP contribution in [0.15, 0.2) is 24.3 Å². The van der Waals surface area contributed by atoms with Crippen molar-refractivity contribution in [2.24, 2.45) is 5.92 Å². The molecule has 0 unspecified atom stereocenters. The second kappa shape index (κ2) is 9.78. The number of hydrogen-bond donors (Lipinski definition) is 1. The van der Waals surface area contributed by atoms with Crippen molar-refractivity contribution in [1.29, 1.82) is 0 Å². The first-order chi connectivity index (χ1) is 14.3. The summed E-state index contributed by atoms with van der Waals surface area (Å²) in [6.45, 7) is 2.92. The Morgan fingerprint density at radius 3 is 2.70 bits per heavy atom. The predicted molar refractivity (Wildman–Crippen MR) is 114 cm³/mol. The number of amides is 2. The third-order valence-electron chi connectivity index (χ3n) is 5.84. The van der Waals surface area contributed by atoms with E-state index in [9.17, 15) is 18.0 Å². The Morgan fingerprint density at radius 1 is 1.20 bits per heavy atom. The van der Waals surface area contributed by atoms with Crippen LogP contribution >= 0.6 is 0 Å². The maximum atomic E-state index is 12.8. The highest BCUT2D eigenvalue weighted by atomic mass is 32.2. The Labute approximate surface area is 178 Å². The third kappa shape index (κ3) is 5.72. The number of hydrogen-bond acceptors (Lipinski definition) is 5. The Hall–Kier alpha value is -2.13. The van der Waals surface area contributed by atoms with Crippen molar-refractivity contribution in [3.8, 4) is 5.75 Å². The third-order valence-corrected chi connectivity index (χ3v) is 7.14. The first-order valence-corrected chi connectivity index (χ1v) is 12.3. The summed E-state index contributed by atoms with van der Waals surface area (Å²) < 4.78 is 32.0. The molecule has 1 aromatic carbocycles. The molecule has 30 heavy (non-hydrogen) atoms. The minimum atomic E-state index is -3.51. The number of carbonyl (C=O) groups is 2. The fraction of sp³-hybridized carbons (Fsp3) is 0.619. The number of ether oxygens (including phenoxy) is 1. The van der Waals surface area contributed by atoms with E-state index in [0.717, 1.165) is 18.4 Å². The largest absolute Gasteiger partial charge is 0.484 e. The van der Waals surface area contributed by atoms with E-state index in [1.165, 1.54) is 10.6 Å². The number of benzene rings is 1. The van der Waals surface area contributed by atoms with E-state index >= 15 is 0 Å². The lowest BCUT2D eigenvalue weighted by molar-refractivity contribution is -0.135. The number of nitrogens with zero attached hydrogens (tertiary/aromatic N) is 2. The molecule has 2 aliphatic rings. The molecule has 1 saturated heterocycles. The molecule has 2 amide bonds. The standard InChI is InChI=1S/C21H31N3O5S/c1-16-6-5-7-17(14-16)29-15-20(25)23-11-10-22-21(26)18-8-3-4-9-19(18)24(13-12-23)30(2,27)28/h5-7,14,18-19H,3-4,8-13,15H2,1-2H3,(H,22,26)/t18-,19+/m0/s1. The van der Waals surface area contributed by atoms with E-state index in [1.807, 2.05) is 25.1 Å². The molecule has 1 aliphatic carbocycles. The zero-order chi connectivity index (χ0) is 21.7. The van der Waals surface area contributed by atoms with Gasteiger partial charge in [-0.3, -0.25) is 9.59 Å². The van der Waals surface area contributed by atoms with Crippen LogP contribution in [-0.2, 0) is 19.6 Å². The van der Waals surface area contributed by atoms with Gasteiger partial charge in [0.15, 0.2) is 6.61 Å². The molecule has 166 valence electrons. The molecule has 0 bridgehead atoms. The summed E-state index contributed by atoms with van der Waals surface area (Å²) in [6, 6.07) is 7.09. The molecule has 1 N–H and O–H groups in total. The van der Waals surface area contributed by atoms with Crippen molar-refractivity contribution in [2.45, 2.75) is 38.6 Å². The van der Waals surface area contributed by atoms with Gasteiger partial charge in [0.25, 0.3) is 5.91 Å². The zero-order valence-electron chi connectivity index (χ0n) is 17.7. The molecule has 3 rings (SSSR count). The van der Waals surface area contributed by atoms with Crippen LogP contribution in [0.3, 0.4) is 0 Å². The lowest BCUT2D eigenvalue weighted by Gasteiger charge is -2.39. The summed E-state index contributed by atoms with van der Waals surface area (Å²) in [7, 11) is -3.51. The second-order valence-corrected chi connectivity index (χ2v) is 10.0. The van der Waals surface area contributed by atoms with Crippen molar-refractivity contribution in [3.05, 3.63) is 29.8 Å². The molecule has 8 nitrogen and oxygen atoms in total. The Balaban J connectivity index is 1.71. The van der Waals surface area contributed by atoms with Gasteiger partial charge in [-0.1, -0.05) is 25.0 Å². The van der Waals surface area contributed by atoms with Gasteiger partial charge in [-0.15, -0.1) is 0 Å². The minimum Gasteiger partial charge on any atom is -0.484 e. The van der Waals surface area contributed by atoms with Gasteiger partial charge in [0, 0.05) is 32.2 Å². The van der Waals surface area contributed by atoms with E-state index in [4.69, 9.17) is 4.74 Å². The van der Waals surface area contributed by atoms with Gasteiger partial charge in [0.05, 0.1) is 12.2 Å². The van der Waals surface area contributed by atoms with Gasteiger partial charge < -0.3 is 15.0 Å². The van der Waals surface area contributed by atoms with Crippen molar-refractivity contribution >= 4 is 21.8 Å². The number of carbonyl (C=O) groups excluding carboxylic acids is 2. The molecule has 0 aromatic heterocycles. The van der Waals surface area contributed by atoms with Gasteiger partial charge in [0.1, 0.15) is 5.75 Å². The number of fused-ring (bicyclic) bond motifs is 1. The maximum Gasteiger partial charge on any atom is 0.260 e. The average Bonchev–Trinajstić information content (AvgIpc) is 2.70. The molecule has 1 aromatic rings. The van der Waals surface area contributed by atoms with Gasteiger partial charge in [0.2, 0.25) is 15.9 Å². The summed E-state index contributed by atoms with van der Waals surface area (Å²) in [4.78, 5) is 27.0. The number of aryl methyl sites for hydroxylation is 1. The Bertz CT molecular complexity index is 873.